The van der Waals surface area contributed by atoms with Crippen LogP contribution < -0.4 is 5.32 Å². The first kappa shape index (κ1) is 11.4. The second kappa shape index (κ2) is 5.24. The summed E-state index contributed by atoms with van der Waals surface area (Å²) in [6.07, 6.45) is 8.19. The van der Waals surface area contributed by atoms with Crippen molar-refractivity contribution in [1.82, 2.24) is 9.88 Å². The van der Waals surface area contributed by atoms with Gasteiger partial charge in [0.05, 0.1) is 6.04 Å². The van der Waals surface area contributed by atoms with Gasteiger partial charge in [-0.3, -0.25) is 5.32 Å². The number of nitriles is 1. The molecule has 1 rings (SSSR count). The van der Waals surface area contributed by atoms with Gasteiger partial charge in [-0.2, -0.15) is 5.26 Å². The summed E-state index contributed by atoms with van der Waals surface area (Å²) in [7, 11) is 1.86. The minimum Gasteiger partial charge on any atom is -0.342 e. The predicted octanol–water partition coefficient (Wildman–Crippen LogP) is 1.40. The molecule has 0 radical (unpaired) electrons. The Hall–Kier alpha value is -1.71. The fourth-order valence-corrected chi connectivity index (χ4v) is 1.40. The molecule has 0 spiro atoms. The van der Waals surface area contributed by atoms with Crippen LogP contribution in [0.4, 0.5) is 0 Å². The van der Waals surface area contributed by atoms with E-state index in [1.165, 1.54) is 0 Å². The quantitative estimate of drug-likeness (QED) is 0.748. The summed E-state index contributed by atoms with van der Waals surface area (Å²) in [5.41, 5.74) is 1.75. The van der Waals surface area contributed by atoms with Crippen molar-refractivity contribution < 1.29 is 0 Å². The molecular weight excluding hydrogens is 186 g/mol. The average molecular weight is 201 g/mol. The molecule has 0 aliphatic carbocycles. The van der Waals surface area contributed by atoms with Crippen LogP contribution in [0.25, 0.3) is 0 Å². The summed E-state index contributed by atoms with van der Waals surface area (Å²) in [5, 5.41) is 12.0. The highest BCUT2D eigenvalue weighted by atomic mass is 14.9. The molecule has 3 nitrogen and oxygen atoms in total. The Morgan fingerprint density at radius 2 is 2.40 bits per heavy atom. The van der Waals surface area contributed by atoms with Gasteiger partial charge in [-0.25, -0.2) is 0 Å². The highest BCUT2D eigenvalue weighted by Gasteiger charge is 2.04. The van der Waals surface area contributed by atoms with Gasteiger partial charge in [-0.05, 0) is 18.1 Å². The summed E-state index contributed by atoms with van der Waals surface area (Å²) in [4.78, 5) is 0. The first-order chi connectivity index (χ1) is 7.21. The maximum Gasteiger partial charge on any atom is 0.120 e. The highest BCUT2D eigenvalue weighted by Crippen LogP contribution is 2.06. The molecule has 1 aromatic rings. The van der Waals surface area contributed by atoms with Crippen LogP contribution in [0.2, 0.25) is 0 Å². The van der Waals surface area contributed by atoms with Gasteiger partial charge >= 0.3 is 0 Å². The average Bonchev–Trinajstić information content (AvgIpc) is 2.60. The van der Waals surface area contributed by atoms with E-state index in [4.69, 9.17) is 11.7 Å². The molecule has 1 atom stereocenters. The number of hydrogen-bond donors (Lipinski definition) is 1. The summed E-state index contributed by atoms with van der Waals surface area (Å²) in [5.74, 6) is 2.67. The molecule has 0 bridgehead atoms. The van der Waals surface area contributed by atoms with Crippen molar-refractivity contribution in [2.24, 2.45) is 7.05 Å². The first-order valence-corrected chi connectivity index (χ1v) is 4.96. The van der Waals surface area contributed by atoms with Crippen molar-refractivity contribution in [1.29, 1.82) is 5.26 Å². The molecular formula is C12H15N3. The zero-order chi connectivity index (χ0) is 11.3. The first-order valence-electron chi connectivity index (χ1n) is 4.96. The molecule has 15 heavy (non-hydrogen) atoms. The van der Waals surface area contributed by atoms with Gasteiger partial charge in [-0.15, -0.1) is 6.42 Å². The van der Waals surface area contributed by atoms with E-state index in [-0.39, 0.29) is 6.04 Å². The molecule has 1 heterocycles. The smallest absolute Gasteiger partial charge is 0.120 e. The lowest BCUT2D eigenvalue weighted by atomic mass is 10.2. The van der Waals surface area contributed by atoms with Crippen LogP contribution >= 0.6 is 0 Å². The fourth-order valence-electron chi connectivity index (χ4n) is 1.40. The predicted molar refractivity (Wildman–Crippen MR) is 59.9 cm³/mol. The molecule has 3 heteroatoms. The number of nitrogens with zero attached hydrogens (tertiary/aromatic N) is 2. The van der Waals surface area contributed by atoms with Gasteiger partial charge in [-0.1, -0.05) is 12.8 Å². The summed E-state index contributed by atoms with van der Waals surface area (Å²) in [6.45, 7) is 2.75. The van der Waals surface area contributed by atoms with Crippen LogP contribution in [0.3, 0.4) is 0 Å². The molecule has 1 unspecified atom stereocenters. The number of aromatic nitrogens is 1. The van der Waals surface area contributed by atoms with Gasteiger partial charge in [0.25, 0.3) is 0 Å². The lowest BCUT2D eigenvalue weighted by molar-refractivity contribution is 0.592. The van der Waals surface area contributed by atoms with Gasteiger partial charge in [0, 0.05) is 19.8 Å². The van der Waals surface area contributed by atoms with Crippen LogP contribution in [0, 0.1) is 23.7 Å². The van der Waals surface area contributed by atoms with Crippen LogP contribution in [-0.4, -0.2) is 10.6 Å². The number of aryl methyl sites for hydroxylation is 1. The minimum absolute atomic E-state index is 0.107. The molecule has 1 aromatic heterocycles. The molecule has 0 fully saturated rings. The number of nitrogens with one attached hydrogen (secondary N) is 1. The van der Waals surface area contributed by atoms with Gasteiger partial charge in [0.15, 0.2) is 0 Å². The summed E-state index contributed by atoms with van der Waals surface area (Å²) in [6, 6.07) is 4.10. The Bertz CT molecular complexity index is 403. The van der Waals surface area contributed by atoms with Gasteiger partial charge < -0.3 is 4.57 Å². The van der Waals surface area contributed by atoms with E-state index >= 15 is 0 Å². The topological polar surface area (TPSA) is 40.8 Å². The van der Waals surface area contributed by atoms with E-state index in [0.29, 0.717) is 12.2 Å². The normalized spacial score (nSPS) is 11.7. The Balaban J connectivity index is 2.59. The number of hydrogen-bond acceptors (Lipinski definition) is 2. The zero-order valence-electron chi connectivity index (χ0n) is 9.12. The number of terminal acetylenes is 1. The summed E-state index contributed by atoms with van der Waals surface area (Å²) < 4.78 is 1.81. The third-order valence-corrected chi connectivity index (χ3v) is 2.34. The molecule has 78 valence electrons. The van der Waals surface area contributed by atoms with Crippen LogP contribution in [0.5, 0.6) is 0 Å². The molecule has 0 amide bonds. The molecule has 0 aliphatic rings. The van der Waals surface area contributed by atoms with Crippen LogP contribution in [0.15, 0.2) is 12.3 Å². The lowest BCUT2D eigenvalue weighted by Crippen LogP contribution is -2.25. The Morgan fingerprint density at radius 3 is 2.87 bits per heavy atom. The van der Waals surface area contributed by atoms with Crippen molar-refractivity contribution >= 4 is 0 Å². The Morgan fingerprint density at radius 1 is 1.67 bits per heavy atom. The second-order valence-electron chi connectivity index (χ2n) is 3.46. The standard InChI is InChI=1S/C12H15N3/c1-4-11(5-2)14-8-10-6-12(7-13)15(3)9-10/h1,6,9,11,14H,5,8H2,2-3H3. The molecule has 0 aliphatic heterocycles. The monoisotopic (exact) mass is 201 g/mol. The maximum atomic E-state index is 8.78. The van der Waals surface area contributed by atoms with E-state index < -0.39 is 0 Å². The second-order valence-corrected chi connectivity index (χ2v) is 3.46. The van der Waals surface area contributed by atoms with Crippen LogP contribution in [-0.2, 0) is 13.6 Å². The zero-order valence-corrected chi connectivity index (χ0v) is 9.12. The van der Waals surface area contributed by atoms with Gasteiger partial charge in [0.1, 0.15) is 11.8 Å². The summed E-state index contributed by atoms with van der Waals surface area (Å²) >= 11 is 0. The van der Waals surface area contributed by atoms with Crippen molar-refractivity contribution in [3.63, 3.8) is 0 Å². The van der Waals surface area contributed by atoms with E-state index in [1.807, 2.05) is 30.8 Å². The van der Waals surface area contributed by atoms with Crippen molar-refractivity contribution in [2.75, 3.05) is 0 Å². The fraction of sp³-hybridized carbons (Fsp3) is 0.417. The minimum atomic E-state index is 0.107. The number of rotatable bonds is 4. The molecule has 0 saturated heterocycles. The SMILES string of the molecule is C#CC(CC)NCc1cc(C#N)n(C)c1. The van der Waals surface area contributed by atoms with Gasteiger partial charge in [0.2, 0.25) is 0 Å². The molecule has 0 saturated carbocycles. The lowest BCUT2D eigenvalue weighted by Gasteiger charge is -2.08. The van der Waals surface area contributed by atoms with E-state index in [0.717, 1.165) is 12.0 Å². The Labute approximate surface area is 90.7 Å². The third kappa shape index (κ3) is 2.87. The van der Waals surface area contributed by atoms with Crippen LogP contribution in [0.1, 0.15) is 24.6 Å². The van der Waals surface area contributed by atoms with E-state index in [9.17, 15) is 0 Å². The van der Waals surface area contributed by atoms with E-state index in [1.54, 1.807) is 0 Å². The van der Waals surface area contributed by atoms with E-state index in [2.05, 4.69) is 17.3 Å². The third-order valence-electron chi connectivity index (χ3n) is 2.34. The largest absolute Gasteiger partial charge is 0.342 e. The van der Waals surface area contributed by atoms with Crippen molar-refractivity contribution in [3.8, 4) is 18.4 Å². The molecule has 1 N–H and O–H groups in total. The van der Waals surface area contributed by atoms with Crippen molar-refractivity contribution in [2.45, 2.75) is 25.9 Å². The van der Waals surface area contributed by atoms with Crippen molar-refractivity contribution in [3.05, 3.63) is 23.5 Å². The Kier molecular flexibility index (Phi) is 3.97. The molecule has 0 aromatic carbocycles. The maximum absolute atomic E-state index is 8.78. The highest BCUT2D eigenvalue weighted by molar-refractivity contribution is 5.28.